The van der Waals surface area contributed by atoms with Crippen LogP contribution in [0.15, 0.2) is 15.4 Å². The largest absolute Gasteiger partial charge is 0.464 e. The van der Waals surface area contributed by atoms with E-state index in [0.29, 0.717) is 31.3 Å². The Hall–Kier alpha value is -0.890. The Morgan fingerprint density at radius 1 is 1.56 bits per heavy atom. The summed E-state index contributed by atoms with van der Waals surface area (Å²) in [5.41, 5.74) is 5.46. The second-order valence-corrected chi connectivity index (χ2v) is 6.24. The molecule has 2 heterocycles. The number of furan rings is 1. The predicted molar refractivity (Wildman–Crippen MR) is 65.5 cm³/mol. The van der Waals surface area contributed by atoms with Gasteiger partial charge >= 0.3 is 0 Å². The van der Waals surface area contributed by atoms with Crippen LogP contribution in [-0.4, -0.2) is 38.5 Å². The van der Waals surface area contributed by atoms with Gasteiger partial charge < -0.3 is 14.9 Å². The summed E-state index contributed by atoms with van der Waals surface area (Å²) in [5.74, 6) is 0.862. The van der Waals surface area contributed by atoms with Crippen molar-refractivity contribution >= 4 is 10.0 Å². The van der Waals surface area contributed by atoms with Crippen LogP contribution in [0.2, 0.25) is 0 Å². The molecule has 1 aliphatic heterocycles. The van der Waals surface area contributed by atoms with Crippen molar-refractivity contribution in [2.24, 2.45) is 5.73 Å². The van der Waals surface area contributed by atoms with Gasteiger partial charge in [0.05, 0.1) is 19.8 Å². The molecule has 0 radical (unpaired) electrons. The molecule has 1 saturated heterocycles. The summed E-state index contributed by atoms with van der Waals surface area (Å²) < 4.78 is 37.1. The molecule has 2 N–H and O–H groups in total. The molecule has 0 amide bonds. The Morgan fingerprint density at radius 2 is 2.28 bits per heavy atom. The minimum atomic E-state index is -3.53. The van der Waals surface area contributed by atoms with E-state index in [1.54, 1.807) is 6.92 Å². The zero-order valence-corrected chi connectivity index (χ0v) is 11.4. The Labute approximate surface area is 107 Å². The quantitative estimate of drug-likeness (QED) is 0.865. The maximum Gasteiger partial charge on any atom is 0.246 e. The van der Waals surface area contributed by atoms with Crippen LogP contribution in [0.3, 0.4) is 0 Å². The average Bonchev–Trinajstić information content (AvgIpc) is 2.71. The zero-order chi connectivity index (χ0) is 13.3. The molecule has 1 fully saturated rings. The van der Waals surface area contributed by atoms with E-state index in [1.807, 2.05) is 6.92 Å². The van der Waals surface area contributed by atoms with E-state index in [-0.39, 0.29) is 17.5 Å². The Bertz CT molecular complexity index is 523. The molecular weight excluding hydrogens is 256 g/mol. The van der Waals surface area contributed by atoms with Crippen LogP contribution in [0, 0.1) is 6.92 Å². The van der Waals surface area contributed by atoms with Crippen molar-refractivity contribution in [1.82, 2.24) is 4.31 Å². The standard InChI is InChI=1S/C11H18N2O4S/c1-8-7-16-4-3-13(8)18(14,15)11-5-10(6-12)17-9(11)2/h5,8H,3-4,6-7,12H2,1-2H3. The van der Waals surface area contributed by atoms with Crippen molar-refractivity contribution in [1.29, 1.82) is 0 Å². The van der Waals surface area contributed by atoms with Crippen LogP contribution in [-0.2, 0) is 21.3 Å². The molecular formula is C11H18N2O4S. The number of sulfonamides is 1. The lowest BCUT2D eigenvalue weighted by Crippen LogP contribution is -2.46. The molecule has 2 rings (SSSR count). The van der Waals surface area contributed by atoms with E-state index in [9.17, 15) is 8.42 Å². The lowest BCUT2D eigenvalue weighted by molar-refractivity contribution is 0.0392. The number of nitrogens with zero attached hydrogens (tertiary/aromatic N) is 1. The van der Waals surface area contributed by atoms with Crippen LogP contribution >= 0.6 is 0 Å². The van der Waals surface area contributed by atoms with Gasteiger partial charge in [0.1, 0.15) is 16.4 Å². The lowest BCUT2D eigenvalue weighted by atomic mass is 10.3. The van der Waals surface area contributed by atoms with E-state index in [4.69, 9.17) is 14.9 Å². The molecule has 102 valence electrons. The van der Waals surface area contributed by atoms with Crippen molar-refractivity contribution in [3.8, 4) is 0 Å². The molecule has 0 spiro atoms. The van der Waals surface area contributed by atoms with Crippen molar-refractivity contribution in [3.05, 3.63) is 17.6 Å². The van der Waals surface area contributed by atoms with Gasteiger partial charge in [0.2, 0.25) is 10.0 Å². The number of morpholine rings is 1. The van der Waals surface area contributed by atoms with Crippen LogP contribution in [0.25, 0.3) is 0 Å². The molecule has 18 heavy (non-hydrogen) atoms. The van der Waals surface area contributed by atoms with Gasteiger partial charge in [0, 0.05) is 18.7 Å². The van der Waals surface area contributed by atoms with Gasteiger partial charge in [-0.05, 0) is 13.8 Å². The average molecular weight is 274 g/mol. The van der Waals surface area contributed by atoms with Gasteiger partial charge in [0.25, 0.3) is 0 Å². The van der Waals surface area contributed by atoms with E-state index in [2.05, 4.69) is 0 Å². The van der Waals surface area contributed by atoms with Gasteiger partial charge in [-0.3, -0.25) is 0 Å². The molecule has 7 heteroatoms. The van der Waals surface area contributed by atoms with Gasteiger partial charge in [-0.25, -0.2) is 8.42 Å². The molecule has 0 aliphatic carbocycles. The van der Waals surface area contributed by atoms with E-state index in [0.717, 1.165) is 0 Å². The summed E-state index contributed by atoms with van der Waals surface area (Å²) in [6.45, 7) is 4.86. The normalized spacial score (nSPS) is 22.3. The van der Waals surface area contributed by atoms with Crippen molar-refractivity contribution in [2.75, 3.05) is 19.8 Å². The highest BCUT2D eigenvalue weighted by molar-refractivity contribution is 7.89. The highest BCUT2D eigenvalue weighted by Crippen LogP contribution is 2.25. The van der Waals surface area contributed by atoms with Crippen LogP contribution in [0.5, 0.6) is 0 Å². The second-order valence-electron chi connectivity index (χ2n) is 4.38. The zero-order valence-electron chi connectivity index (χ0n) is 10.5. The highest BCUT2D eigenvalue weighted by Gasteiger charge is 2.34. The molecule has 1 aromatic rings. The fourth-order valence-electron chi connectivity index (χ4n) is 2.08. The minimum absolute atomic E-state index is 0.167. The van der Waals surface area contributed by atoms with Gasteiger partial charge in [-0.2, -0.15) is 4.31 Å². The van der Waals surface area contributed by atoms with E-state index >= 15 is 0 Å². The van der Waals surface area contributed by atoms with Crippen LogP contribution in [0.1, 0.15) is 18.4 Å². The first-order valence-electron chi connectivity index (χ1n) is 5.85. The van der Waals surface area contributed by atoms with Crippen molar-refractivity contribution in [2.45, 2.75) is 31.3 Å². The highest BCUT2D eigenvalue weighted by atomic mass is 32.2. The van der Waals surface area contributed by atoms with Crippen molar-refractivity contribution in [3.63, 3.8) is 0 Å². The summed E-state index contributed by atoms with van der Waals surface area (Å²) in [4.78, 5) is 0.205. The lowest BCUT2D eigenvalue weighted by Gasteiger charge is -2.31. The predicted octanol–water partition coefficient (Wildman–Crippen LogP) is 0.456. The second kappa shape index (κ2) is 5.00. The van der Waals surface area contributed by atoms with Crippen LogP contribution < -0.4 is 5.73 Å². The minimum Gasteiger partial charge on any atom is -0.464 e. The van der Waals surface area contributed by atoms with E-state index < -0.39 is 10.0 Å². The van der Waals surface area contributed by atoms with Crippen molar-refractivity contribution < 1.29 is 17.6 Å². The third-order valence-electron chi connectivity index (χ3n) is 3.02. The number of rotatable bonds is 3. The number of nitrogens with two attached hydrogens (primary N) is 1. The fraction of sp³-hybridized carbons (Fsp3) is 0.636. The first kappa shape index (κ1) is 13.5. The molecule has 0 bridgehead atoms. The summed E-state index contributed by atoms with van der Waals surface area (Å²) >= 11 is 0. The number of hydrogen-bond acceptors (Lipinski definition) is 5. The topological polar surface area (TPSA) is 85.8 Å². The maximum atomic E-state index is 12.5. The Balaban J connectivity index is 2.37. The number of ether oxygens (including phenoxy) is 1. The third-order valence-corrected chi connectivity index (χ3v) is 5.14. The summed E-state index contributed by atoms with van der Waals surface area (Å²) in [6.07, 6.45) is 0. The number of hydrogen-bond donors (Lipinski definition) is 1. The fourth-order valence-corrected chi connectivity index (χ4v) is 3.86. The van der Waals surface area contributed by atoms with E-state index in [1.165, 1.54) is 10.4 Å². The summed E-state index contributed by atoms with van der Waals surface area (Å²) in [7, 11) is -3.53. The SMILES string of the molecule is Cc1oc(CN)cc1S(=O)(=O)N1CCOCC1C. The monoisotopic (exact) mass is 274 g/mol. The molecule has 1 aromatic heterocycles. The summed E-state index contributed by atoms with van der Waals surface area (Å²) in [6, 6.07) is 1.34. The first-order valence-corrected chi connectivity index (χ1v) is 7.29. The third kappa shape index (κ3) is 2.31. The smallest absolute Gasteiger partial charge is 0.246 e. The first-order chi connectivity index (χ1) is 8.46. The van der Waals surface area contributed by atoms with Gasteiger partial charge in [-0.15, -0.1) is 0 Å². The molecule has 0 saturated carbocycles. The Kier molecular flexibility index (Phi) is 3.76. The number of aryl methyl sites for hydroxylation is 1. The Morgan fingerprint density at radius 3 is 2.83 bits per heavy atom. The summed E-state index contributed by atoms with van der Waals surface area (Å²) in [5, 5.41) is 0. The maximum absolute atomic E-state index is 12.5. The van der Waals surface area contributed by atoms with Crippen LogP contribution in [0.4, 0.5) is 0 Å². The van der Waals surface area contributed by atoms with Gasteiger partial charge in [0.15, 0.2) is 0 Å². The van der Waals surface area contributed by atoms with Gasteiger partial charge in [-0.1, -0.05) is 0 Å². The molecule has 0 aromatic carbocycles. The molecule has 6 nitrogen and oxygen atoms in total. The molecule has 1 unspecified atom stereocenters. The molecule has 1 atom stereocenters. The molecule has 1 aliphatic rings.